The third kappa shape index (κ3) is 5.16. The molecule has 0 aliphatic heterocycles. The van der Waals surface area contributed by atoms with Crippen LogP contribution in [0.2, 0.25) is 0 Å². The molecule has 19 heavy (non-hydrogen) atoms. The molecule has 3 nitrogen and oxygen atoms in total. The van der Waals surface area contributed by atoms with Crippen LogP contribution < -0.4 is 5.32 Å². The Morgan fingerprint density at radius 2 is 2.11 bits per heavy atom. The summed E-state index contributed by atoms with van der Waals surface area (Å²) in [6.07, 6.45) is 2.46. The van der Waals surface area contributed by atoms with Crippen molar-refractivity contribution in [2.45, 2.75) is 18.9 Å². The Bertz CT molecular complexity index is 452. The first kappa shape index (κ1) is 15.9. The minimum absolute atomic E-state index is 0.0274. The second kappa shape index (κ2) is 6.86. The van der Waals surface area contributed by atoms with Crippen LogP contribution in [0.5, 0.6) is 0 Å². The number of thioether (sulfide) groups is 1. The van der Waals surface area contributed by atoms with E-state index in [-0.39, 0.29) is 12.1 Å². The summed E-state index contributed by atoms with van der Waals surface area (Å²) >= 11 is 1.60. The van der Waals surface area contributed by atoms with E-state index in [0.717, 1.165) is 17.9 Å². The van der Waals surface area contributed by atoms with Crippen molar-refractivity contribution >= 4 is 17.7 Å². The summed E-state index contributed by atoms with van der Waals surface area (Å²) in [6, 6.07) is 2.93. The number of benzene rings is 1. The summed E-state index contributed by atoms with van der Waals surface area (Å²) in [7, 11) is 0. The number of carbonyl (C=O) groups excluding carboxylic acids is 1. The topological polar surface area (TPSA) is 49.3 Å². The van der Waals surface area contributed by atoms with Gasteiger partial charge < -0.3 is 10.4 Å². The highest BCUT2D eigenvalue weighted by molar-refractivity contribution is 7.98. The third-order valence-electron chi connectivity index (χ3n) is 2.66. The SMILES string of the molecule is CSCC[C@](C)(O)CNC(=O)c1ccc(F)c(F)c1. The number of aliphatic hydroxyl groups is 1. The zero-order valence-electron chi connectivity index (χ0n) is 10.9. The second-order valence-corrected chi connectivity index (χ2v) is 5.54. The molecule has 0 aliphatic carbocycles. The van der Waals surface area contributed by atoms with Gasteiger partial charge in [-0.2, -0.15) is 11.8 Å². The highest BCUT2D eigenvalue weighted by atomic mass is 32.2. The molecule has 0 saturated carbocycles. The Kier molecular flexibility index (Phi) is 5.75. The predicted octanol–water partition coefficient (Wildman–Crippen LogP) is 2.20. The minimum Gasteiger partial charge on any atom is -0.388 e. The van der Waals surface area contributed by atoms with E-state index < -0.39 is 23.1 Å². The van der Waals surface area contributed by atoms with Crippen molar-refractivity contribution in [3.8, 4) is 0 Å². The molecule has 1 atom stereocenters. The lowest BCUT2D eigenvalue weighted by atomic mass is 10.0. The van der Waals surface area contributed by atoms with Crippen LogP contribution in [-0.2, 0) is 0 Å². The quantitative estimate of drug-likeness (QED) is 0.844. The molecule has 0 bridgehead atoms. The number of halogens is 2. The second-order valence-electron chi connectivity index (χ2n) is 4.55. The van der Waals surface area contributed by atoms with Crippen LogP contribution in [0.15, 0.2) is 18.2 Å². The lowest BCUT2D eigenvalue weighted by molar-refractivity contribution is 0.0528. The first-order chi connectivity index (χ1) is 8.85. The van der Waals surface area contributed by atoms with Gasteiger partial charge in [-0.3, -0.25) is 4.79 Å². The summed E-state index contributed by atoms with van der Waals surface area (Å²) in [5.74, 6) is -1.83. The fraction of sp³-hybridized carbons (Fsp3) is 0.462. The normalized spacial score (nSPS) is 13.9. The van der Waals surface area contributed by atoms with Crippen molar-refractivity contribution < 1.29 is 18.7 Å². The van der Waals surface area contributed by atoms with E-state index in [9.17, 15) is 18.7 Å². The summed E-state index contributed by atoms with van der Waals surface area (Å²) in [5, 5.41) is 12.5. The molecule has 0 fully saturated rings. The molecule has 0 unspecified atom stereocenters. The summed E-state index contributed by atoms with van der Waals surface area (Å²) in [5.41, 5.74) is -0.989. The van der Waals surface area contributed by atoms with Gasteiger partial charge in [-0.15, -0.1) is 0 Å². The molecule has 1 amide bonds. The van der Waals surface area contributed by atoms with E-state index in [4.69, 9.17) is 0 Å². The molecule has 2 N–H and O–H groups in total. The van der Waals surface area contributed by atoms with Crippen molar-refractivity contribution in [2.24, 2.45) is 0 Å². The van der Waals surface area contributed by atoms with Gasteiger partial charge in [0.15, 0.2) is 11.6 Å². The Hall–Kier alpha value is -1.14. The van der Waals surface area contributed by atoms with Crippen LogP contribution in [0.3, 0.4) is 0 Å². The van der Waals surface area contributed by atoms with Gasteiger partial charge >= 0.3 is 0 Å². The molecule has 0 saturated heterocycles. The number of rotatable bonds is 6. The average Bonchev–Trinajstić information content (AvgIpc) is 2.37. The molecule has 1 rings (SSSR count). The fourth-order valence-corrected chi connectivity index (χ4v) is 2.06. The van der Waals surface area contributed by atoms with Crippen LogP contribution in [0.1, 0.15) is 23.7 Å². The molecule has 6 heteroatoms. The standard InChI is InChI=1S/C13H17F2NO2S/c1-13(18,5-6-19-2)8-16-12(17)9-3-4-10(14)11(15)7-9/h3-4,7,18H,5-6,8H2,1-2H3,(H,16,17)/t13-/m0/s1. The van der Waals surface area contributed by atoms with Crippen molar-refractivity contribution in [3.63, 3.8) is 0 Å². The van der Waals surface area contributed by atoms with Gasteiger partial charge in [-0.05, 0) is 43.6 Å². The Labute approximate surface area is 115 Å². The minimum atomic E-state index is -1.07. The molecule has 0 aliphatic rings. The van der Waals surface area contributed by atoms with Crippen molar-refractivity contribution in [1.29, 1.82) is 0 Å². The largest absolute Gasteiger partial charge is 0.388 e. The number of hydrogen-bond acceptors (Lipinski definition) is 3. The monoisotopic (exact) mass is 289 g/mol. The Morgan fingerprint density at radius 3 is 2.68 bits per heavy atom. The van der Waals surface area contributed by atoms with E-state index in [0.29, 0.717) is 6.42 Å². The van der Waals surface area contributed by atoms with Gasteiger partial charge in [-0.1, -0.05) is 0 Å². The number of amides is 1. The van der Waals surface area contributed by atoms with E-state index in [2.05, 4.69) is 5.32 Å². The van der Waals surface area contributed by atoms with Crippen LogP contribution in [0, 0.1) is 11.6 Å². The van der Waals surface area contributed by atoms with Crippen LogP contribution in [0.4, 0.5) is 8.78 Å². The molecule has 0 heterocycles. The number of nitrogens with one attached hydrogen (secondary N) is 1. The first-order valence-corrected chi connectivity index (χ1v) is 7.20. The van der Waals surface area contributed by atoms with E-state index in [1.165, 1.54) is 6.07 Å². The van der Waals surface area contributed by atoms with E-state index >= 15 is 0 Å². The zero-order valence-corrected chi connectivity index (χ0v) is 11.7. The van der Waals surface area contributed by atoms with Gasteiger partial charge in [0, 0.05) is 12.1 Å². The molecule has 0 radical (unpaired) electrons. The number of hydrogen-bond donors (Lipinski definition) is 2. The maximum absolute atomic E-state index is 13.0. The van der Waals surface area contributed by atoms with Crippen LogP contribution in [-0.4, -0.2) is 35.2 Å². The molecule has 1 aromatic rings. The highest BCUT2D eigenvalue weighted by Crippen LogP contribution is 2.12. The maximum Gasteiger partial charge on any atom is 0.251 e. The summed E-state index contributed by atoms with van der Waals surface area (Å²) in [4.78, 5) is 11.7. The smallest absolute Gasteiger partial charge is 0.251 e. The van der Waals surface area contributed by atoms with Gasteiger partial charge in [0.1, 0.15) is 0 Å². The van der Waals surface area contributed by atoms with E-state index in [1.54, 1.807) is 18.7 Å². The molecular formula is C13H17F2NO2S. The predicted molar refractivity (Wildman–Crippen MR) is 72.3 cm³/mol. The number of carbonyl (C=O) groups is 1. The van der Waals surface area contributed by atoms with Gasteiger partial charge in [0.2, 0.25) is 0 Å². The molecule has 106 valence electrons. The molecule has 1 aromatic carbocycles. The molecule has 0 spiro atoms. The average molecular weight is 289 g/mol. The van der Waals surface area contributed by atoms with Gasteiger partial charge in [0.25, 0.3) is 5.91 Å². The van der Waals surface area contributed by atoms with Crippen LogP contribution in [0.25, 0.3) is 0 Å². The van der Waals surface area contributed by atoms with E-state index in [1.807, 2.05) is 6.26 Å². The van der Waals surface area contributed by atoms with Crippen molar-refractivity contribution in [3.05, 3.63) is 35.4 Å². The lowest BCUT2D eigenvalue weighted by Gasteiger charge is -2.23. The highest BCUT2D eigenvalue weighted by Gasteiger charge is 2.21. The van der Waals surface area contributed by atoms with Gasteiger partial charge in [0.05, 0.1) is 5.60 Å². The fourth-order valence-electron chi connectivity index (χ4n) is 1.42. The maximum atomic E-state index is 13.0. The van der Waals surface area contributed by atoms with Crippen molar-refractivity contribution in [2.75, 3.05) is 18.6 Å². The zero-order chi connectivity index (χ0) is 14.5. The molecular weight excluding hydrogens is 272 g/mol. The van der Waals surface area contributed by atoms with Crippen molar-refractivity contribution in [1.82, 2.24) is 5.32 Å². The molecule has 0 aromatic heterocycles. The summed E-state index contributed by atoms with van der Waals surface area (Å²) in [6.45, 7) is 1.68. The third-order valence-corrected chi connectivity index (χ3v) is 3.27. The summed E-state index contributed by atoms with van der Waals surface area (Å²) < 4.78 is 25.7. The first-order valence-electron chi connectivity index (χ1n) is 5.80. The lowest BCUT2D eigenvalue weighted by Crippen LogP contribution is -2.41. The van der Waals surface area contributed by atoms with Crippen LogP contribution >= 0.6 is 11.8 Å². The Morgan fingerprint density at radius 1 is 1.42 bits per heavy atom. The van der Waals surface area contributed by atoms with Gasteiger partial charge in [-0.25, -0.2) is 8.78 Å². The Balaban J connectivity index is 2.57.